The Morgan fingerprint density at radius 2 is 1.85 bits per heavy atom. The Bertz CT molecular complexity index is 1280. The molecule has 0 aromatic carbocycles. The van der Waals surface area contributed by atoms with Crippen molar-refractivity contribution in [3.05, 3.63) is 58.0 Å². The van der Waals surface area contributed by atoms with Crippen LogP contribution in [0.4, 0.5) is 5.82 Å². The van der Waals surface area contributed by atoms with E-state index in [-0.39, 0.29) is 11.5 Å². The SMILES string of the molecule is CC(=O)N1CCc2nc(N3CCN(Cc4ccc(=O)n(I)c4)CC3)c(-c3cnn(C)c3)nc2C1. The molecular weight excluding hydrogens is 547 g/mol. The second kappa shape index (κ2) is 9.45. The average Bonchev–Trinajstić information content (AvgIpc) is 3.27. The maximum absolute atomic E-state index is 11.9. The molecule has 0 saturated carbocycles. The predicted octanol–water partition coefficient (Wildman–Crippen LogP) is 1.46. The quantitative estimate of drug-likeness (QED) is 0.436. The molecule has 178 valence electrons. The minimum Gasteiger partial charge on any atom is -0.352 e. The second-order valence-corrected chi connectivity index (χ2v) is 9.87. The molecule has 11 heteroatoms. The Morgan fingerprint density at radius 3 is 2.53 bits per heavy atom. The lowest BCUT2D eigenvalue weighted by Crippen LogP contribution is -2.46. The number of anilines is 1. The molecule has 1 fully saturated rings. The van der Waals surface area contributed by atoms with Crippen LogP contribution in [0.5, 0.6) is 0 Å². The van der Waals surface area contributed by atoms with Crippen molar-refractivity contribution in [2.75, 3.05) is 37.6 Å². The van der Waals surface area contributed by atoms with Crippen LogP contribution >= 0.6 is 22.9 Å². The van der Waals surface area contributed by atoms with E-state index in [9.17, 15) is 9.59 Å². The minimum absolute atomic E-state index is 0.00509. The van der Waals surface area contributed by atoms with Crippen LogP contribution in [0.25, 0.3) is 11.3 Å². The van der Waals surface area contributed by atoms with Crippen molar-refractivity contribution in [3.8, 4) is 11.3 Å². The maximum Gasteiger partial charge on any atom is 0.259 e. The second-order valence-electron chi connectivity index (χ2n) is 8.83. The number of hydrogen-bond donors (Lipinski definition) is 0. The largest absolute Gasteiger partial charge is 0.352 e. The van der Waals surface area contributed by atoms with Gasteiger partial charge in [0, 0.05) is 83.7 Å². The summed E-state index contributed by atoms with van der Waals surface area (Å²) >= 11 is 2.02. The number of aromatic nitrogens is 5. The van der Waals surface area contributed by atoms with Gasteiger partial charge in [-0.3, -0.25) is 22.0 Å². The van der Waals surface area contributed by atoms with Crippen LogP contribution in [-0.2, 0) is 31.4 Å². The summed E-state index contributed by atoms with van der Waals surface area (Å²) in [4.78, 5) is 40.2. The zero-order chi connectivity index (χ0) is 23.8. The third-order valence-corrected chi connectivity index (χ3v) is 7.18. The molecule has 0 radical (unpaired) electrons. The van der Waals surface area contributed by atoms with Gasteiger partial charge in [0.1, 0.15) is 5.69 Å². The van der Waals surface area contributed by atoms with E-state index in [2.05, 4.69) is 14.9 Å². The predicted molar refractivity (Wildman–Crippen MR) is 137 cm³/mol. The molecule has 3 aromatic heterocycles. The number of hydrogen-bond acceptors (Lipinski definition) is 7. The molecule has 1 saturated heterocycles. The topological polar surface area (TPSA) is 92.4 Å². The summed E-state index contributed by atoms with van der Waals surface area (Å²) in [6, 6.07) is 3.53. The highest BCUT2D eigenvalue weighted by Gasteiger charge is 2.27. The molecule has 0 bridgehead atoms. The highest BCUT2D eigenvalue weighted by molar-refractivity contribution is 14.1. The summed E-state index contributed by atoms with van der Waals surface area (Å²) in [5, 5.41) is 4.34. The minimum atomic E-state index is -0.00509. The molecule has 3 aromatic rings. The molecule has 2 aliphatic rings. The van der Waals surface area contributed by atoms with E-state index in [1.54, 1.807) is 20.5 Å². The van der Waals surface area contributed by atoms with Crippen LogP contribution in [0.15, 0.2) is 35.5 Å². The van der Waals surface area contributed by atoms with Crippen LogP contribution in [-0.4, -0.2) is 71.0 Å². The van der Waals surface area contributed by atoms with Gasteiger partial charge in [-0.1, -0.05) is 6.07 Å². The Morgan fingerprint density at radius 1 is 1.06 bits per heavy atom. The van der Waals surface area contributed by atoms with Crippen molar-refractivity contribution in [2.45, 2.75) is 26.4 Å². The summed E-state index contributed by atoms with van der Waals surface area (Å²) in [6.07, 6.45) is 6.39. The Labute approximate surface area is 211 Å². The molecule has 2 aliphatic heterocycles. The van der Waals surface area contributed by atoms with Crippen LogP contribution < -0.4 is 10.5 Å². The molecule has 0 N–H and O–H groups in total. The number of carbonyl (C=O) groups excluding carboxylic acids is 1. The van der Waals surface area contributed by atoms with Gasteiger partial charge in [-0.25, -0.2) is 9.97 Å². The fourth-order valence-electron chi connectivity index (χ4n) is 4.52. The number of carbonyl (C=O) groups is 1. The number of aryl methyl sites for hydroxylation is 1. The summed E-state index contributed by atoms with van der Waals surface area (Å²) < 4.78 is 3.37. The van der Waals surface area contributed by atoms with Gasteiger partial charge in [0.2, 0.25) is 5.91 Å². The van der Waals surface area contributed by atoms with Gasteiger partial charge < -0.3 is 9.80 Å². The van der Waals surface area contributed by atoms with Gasteiger partial charge in [0.05, 0.1) is 47.0 Å². The van der Waals surface area contributed by atoms with Crippen LogP contribution in [0.2, 0.25) is 0 Å². The van der Waals surface area contributed by atoms with Crippen molar-refractivity contribution in [3.63, 3.8) is 0 Å². The fraction of sp³-hybridized carbons (Fsp3) is 0.435. The van der Waals surface area contributed by atoms with Crippen molar-refractivity contribution in [1.82, 2.24) is 32.3 Å². The molecule has 0 spiro atoms. The maximum atomic E-state index is 11.9. The first-order valence-corrected chi connectivity index (χ1v) is 12.3. The number of halogens is 1. The van der Waals surface area contributed by atoms with E-state index in [1.165, 1.54) is 0 Å². The Balaban J connectivity index is 1.38. The lowest BCUT2D eigenvalue weighted by Gasteiger charge is -2.37. The van der Waals surface area contributed by atoms with Crippen molar-refractivity contribution >= 4 is 34.6 Å². The number of piperazine rings is 1. The number of pyridine rings is 1. The highest BCUT2D eigenvalue weighted by atomic mass is 127. The van der Waals surface area contributed by atoms with Gasteiger partial charge >= 0.3 is 0 Å². The lowest BCUT2D eigenvalue weighted by atomic mass is 10.1. The third kappa shape index (κ3) is 4.71. The van der Waals surface area contributed by atoms with Crippen molar-refractivity contribution < 1.29 is 4.79 Å². The monoisotopic (exact) mass is 574 g/mol. The van der Waals surface area contributed by atoms with Gasteiger partial charge in [-0.15, -0.1) is 0 Å². The third-order valence-electron chi connectivity index (χ3n) is 6.42. The van der Waals surface area contributed by atoms with Gasteiger partial charge in [-0.2, -0.15) is 5.10 Å². The van der Waals surface area contributed by atoms with E-state index >= 15 is 0 Å². The van der Waals surface area contributed by atoms with Gasteiger partial charge in [0.25, 0.3) is 5.56 Å². The molecule has 1 amide bonds. The van der Waals surface area contributed by atoms with E-state index in [0.29, 0.717) is 19.5 Å². The first kappa shape index (κ1) is 23.0. The number of rotatable bonds is 4. The normalized spacial score (nSPS) is 16.6. The number of nitrogens with zero attached hydrogens (tertiary/aromatic N) is 8. The first-order valence-electron chi connectivity index (χ1n) is 11.4. The standard InChI is InChI=1S/C23H27IN8O2/c1-16(33)31-6-5-19-20(15-31)26-22(18-11-25-28(2)14-18)23(27-19)30-9-7-29(8-10-30)12-17-3-4-21(34)32(24)13-17/h3-4,11,13-14H,5-10,12,15H2,1-2H3. The smallest absolute Gasteiger partial charge is 0.259 e. The number of amides is 1. The molecule has 5 heterocycles. The molecular formula is C23H27IN8O2. The number of fused-ring (bicyclic) bond motifs is 1. The van der Waals surface area contributed by atoms with Gasteiger partial charge in [0.15, 0.2) is 5.82 Å². The van der Waals surface area contributed by atoms with Crippen molar-refractivity contribution in [1.29, 1.82) is 0 Å². The molecule has 5 rings (SSSR count). The first-order chi connectivity index (χ1) is 16.4. The van der Waals surface area contributed by atoms with Crippen LogP contribution in [0, 0.1) is 0 Å². The summed E-state index contributed by atoms with van der Waals surface area (Å²) in [7, 11) is 1.89. The van der Waals surface area contributed by atoms with E-state index in [4.69, 9.17) is 9.97 Å². The molecule has 0 atom stereocenters. The van der Waals surface area contributed by atoms with E-state index in [0.717, 1.165) is 66.8 Å². The van der Waals surface area contributed by atoms with E-state index < -0.39 is 0 Å². The van der Waals surface area contributed by atoms with Crippen molar-refractivity contribution in [2.24, 2.45) is 7.05 Å². The zero-order valence-electron chi connectivity index (χ0n) is 19.3. The van der Waals surface area contributed by atoms with Crippen LogP contribution in [0.3, 0.4) is 0 Å². The molecule has 10 nitrogen and oxygen atoms in total. The van der Waals surface area contributed by atoms with Crippen LogP contribution in [0.1, 0.15) is 23.9 Å². The Kier molecular flexibility index (Phi) is 6.38. The molecule has 0 unspecified atom stereocenters. The lowest BCUT2D eigenvalue weighted by molar-refractivity contribution is -0.129. The fourth-order valence-corrected chi connectivity index (χ4v) is 5.04. The van der Waals surface area contributed by atoms with E-state index in [1.807, 2.05) is 59.5 Å². The molecule has 34 heavy (non-hydrogen) atoms. The molecule has 0 aliphatic carbocycles. The highest BCUT2D eigenvalue weighted by Crippen LogP contribution is 2.31. The summed E-state index contributed by atoms with van der Waals surface area (Å²) in [6.45, 7) is 7.04. The Hall–Kier alpha value is -2.80. The zero-order valence-corrected chi connectivity index (χ0v) is 21.5. The summed E-state index contributed by atoms with van der Waals surface area (Å²) in [5.41, 5.74) is 4.72. The summed E-state index contributed by atoms with van der Waals surface area (Å²) in [5.74, 6) is 0.956. The van der Waals surface area contributed by atoms with Gasteiger partial charge in [-0.05, 0) is 5.56 Å². The average molecular weight is 574 g/mol.